The summed E-state index contributed by atoms with van der Waals surface area (Å²) in [6.07, 6.45) is 28.3. The summed E-state index contributed by atoms with van der Waals surface area (Å²) in [5, 5.41) is 7.73. The molecule has 0 rings (SSSR count). The Labute approximate surface area is 200 Å². The van der Waals surface area contributed by atoms with Gasteiger partial charge in [0.15, 0.2) is 0 Å². The van der Waals surface area contributed by atoms with Crippen LogP contribution >= 0.6 is 0 Å². The fourth-order valence-electron chi connectivity index (χ4n) is 3.69. The Hall–Kier alpha value is 0.492. The molecule has 0 aliphatic rings. The summed E-state index contributed by atoms with van der Waals surface area (Å²) in [4.78, 5) is 0. The topological polar surface area (TPSA) is 14.1 Å². The Kier molecular flexibility index (Phi) is 37.2. The third-order valence-corrected chi connectivity index (χ3v) is 7.50. The van der Waals surface area contributed by atoms with Crippen molar-refractivity contribution in [2.75, 3.05) is 13.1 Å². The monoisotopic (exact) mass is 437 g/mol. The number of rotatable bonds is 24. The van der Waals surface area contributed by atoms with Gasteiger partial charge in [-0.25, -0.2) is 0 Å². The molecule has 0 heterocycles. The van der Waals surface area contributed by atoms with Crippen molar-refractivity contribution in [2.45, 2.75) is 167 Å². The van der Waals surface area contributed by atoms with Gasteiger partial charge in [0.2, 0.25) is 0 Å². The first-order valence-electron chi connectivity index (χ1n) is 14.3. The third-order valence-electron chi connectivity index (χ3n) is 5.86. The van der Waals surface area contributed by atoms with Crippen LogP contribution in [0.5, 0.6) is 0 Å². The van der Waals surface area contributed by atoms with Crippen molar-refractivity contribution in [3.63, 3.8) is 0 Å². The second-order valence-electron chi connectivity index (χ2n) is 9.19. The van der Waals surface area contributed by atoms with E-state index >= 15 is 0 Å². The Morgan fingerprint density at radius 3 is 1.03 bits per heavy atom. The van der Waals surface area contributed by atoms with E-state index < -0.39 is 0 Å². The Morgan fingerprint density at radius 1 is 0.367 bits per heavy atom. The van der Waals surface area contributed by atoms with Gasteiger partial charge in [0.25, 0.3) is 0 Å². The summed E-state index contributed by atoms with van der Waals surface area (Å²) in [7, 11) is 0. The molecule has 0 radical (unpaired) electrons. The quantitative estimate of drug-likeness (QED) is 0.105. The zero-order valence-electron chi connectivity index (χ0n) is 22.0. The van der Waals surface area contributed by atoms with Crippen molar-refractivity contribution < 1.29 is 0 Å². The van der Waals surface area contributed by atoms with E-state index in [4.69, 9.17) is 0 Å². The van der Waals surface area contributed by atoms with E-state index in [1.165, 1.54) is 128 Å². The van der Waals surface area contributed by atoms with Gasteiger partial charge in [0.1, 0.15) is 0 Å². The average molecular weight is 438 g/mol. The van der Waals surface area contributed by atoms with Crippen LogP contribution in [0.4, 0.5) is 0 Å². The first kappa shape index (κ1) is 32.7. The Balaban J connectivity index is 0. The molecular formula is C28H60AlN. The van der Waals surface area contributed by atoms with Crippen LogP contribution in [-0.4, -0.2) is 28.3 Å². The van der Waals surface area contributed by atoms with E-state index in [0.29, 0.717) is 0 Å². The number of hydrogen-bond acceptors (Lipinski definition) is 0. The molecule has 0 amide bonds. The van der Waals surface area contributed by atoms with Gasteiger partial charge < -0.3 is 5.32 Å². The zero-order chi connectivity index (χ0) is 22.4. The van der Waals surface area contributed by atoms with Gasteiger partial charge in [0.05, 0.1) is 0 Å². The molecule has 0 N–H and O–H groups in total. The van der Waals surface area contributed by atoms with Gasteiger partial charge >= 0.3 is 91.0 Å². The molecule has 0 atom stereocenters. The first-order chi connectivity index (χ1) is 14.8. The van der Waals surface area contributed by atoms with E-state index in [0.717, 1.165) is 28.3 Å². The van der Waals surface area contributed by atoms with Gasteiger partial charge in [-0.15, -0.1) is 13.1 Å². The molecule has 0 aliphatic carbocycles. The zero-order valence-corrected chi connectivity index (χ0v) is 23.1. The molecule has 0 fully saturated rings. The van der Waals surface area contributed by atoms with Crippen molar-refractivity contribution in [3.8, 4) is 0 Å². The number of hydrogen-bond donors (Lipinski definition) is 0. The van der Waals surface area contributed by atoms with Crippen molar-refractivity contribution in [1.29, 1.82) is 0 Å². The summed E-state index contributed by atoms with van der Waals surface area (Å²) < 4.78 is 0. The van der Waals surface area contributed by atoms with Crippen molar-refractivity contribution in [1.82, 2.24) is 0 Å². The van der Waals surface area contributed by atoms with Crippen LogP contribution in [0.15, 0.2) is 0 Å². The molecule has 0 aliphatic heterocycles. The predicted octanol–water partition coefficient (Wildman–Crippen LogP) is 10.8. The SMILES string of the molecule is CCCCCCCC[N-]CCCCCCCC.CCCCC[CH2][Al+][CH2]CCCCC. The summed E-state index contributed by atoms with van der Waals surface area (Å²) in [6, 6.07) is 0. The molecule has 180 valence electrons. The van der Waals surface area contributed by atoms with E-state index in [1.807, 2.05) is 0 Å². The average Bonchev–Trinajstić information content (AvgIpc) is 2.76. The summed E-state index contributed by atoms with van der Waals surface area (Å²) in [6.45, 7) is 11.4. The van der Waals surface area contributed by atoms with E-state index in [-0.39, 0.29) is 0 Å². The summed E-state index contributed by atoms with van der Waals surface area (Å²) >= 11 is 0.805. The molecule has 0 spiro atoms. The molecule has 1 nitrogen and oxygen atoms in total. The van der Waals surface area contributed by atoms with Gasteiger partial charge in [-0.05, 0) is 0 Å². The second-order valence-corrected chi connectivity index (χ2v) is 10.9. The predicted molar refractivity (Wildman–Crippen MR) is 143 cm³/mol. The minimum atomic E-state index is 0.805. The number of unbranched alkanes of at least 4 members (excludes halogenated alkanes) is 16. The Bertz CT molecular complexity index is 233. The Morgan fingerprint density at radius 2 is 0.667 bits per heavy atom. The molecule has 0 saturated carbocycles. The van der Waals surface area contributed by atoms with Crippen LogP contribution in [0.3, 0.4) is 0 Å². The fourth-order valence-corrected chi connectivity index (χ4v) is 5.14. The first-order valence-corrected chi connectivity index (χ1v) is 15.9. The maximum atomic E-state index is 4.61. The van der Waals surface area contributed by atoms with Crippen LogP contribution in [0, 0.1) is 0 Å². The second kappa shape index (κ2) is 34.1. The van der Waals surface area contributed by atoms with E-state index in [9.17, 15) is 0 Å². The molecule has 0 saturated heterocycles. The third kappa shape index (κ3) is 35.9. The maximum absolute atomic E-state index is 4.61. The van der Waals surface area contributed by atoms with Crippen LogP contribution < -0.4 is 0 Å². The number of nitrogens with zero attached hydrogens (tertiary/aromatic N) is 1. The normalized spacial score (nSPS) is 10.5. The van der Waals surface area contributed by atoms with Crippen LogP contribution in [-0.2, 0) is 0 Å². The molecule has 30 heavy (non-hydrogen) atoms. The van der Waals surface area contributed by atoms with Gasteiger partial charge in [0, 0.05) is 0 Å². The molecular weight excluding hydrogens is 377 g/mol. The standard InChI is InChI=1S/C16H34N.2C6H13.Al/c1-3-5-7-9-11-13-15-17-16-14-12-10-8-6-4-2;2*1-3-5-6-4-2;/h3-16H2,1-2H3;2*1,3-6H2,2H3;/q-1;;;+1. The van der Waals surface area contributed by atoms with Crippen molar-refractivity contribution in [2.24, 2.45) is 0 Å². The van der Waals surface area contributed by atoms with Crippen molar-refractivity contribution in [3.05, 3.63) is 5.32 Å². The van der Waals surface area contributed by atoms with Gasteiger partial charge in [-0.3, -0.25) is 0 Å². The van der Waals surface area contributed by atoms with Gasteiger partial charge in [-0.1, -0.05) is 90.9 Å². The molecule has 0 aromatic rings. The molecule has 0 bridgehead atoms. The molecule has 0 aromatic carbocycles. The van der Waals surface area contributed by atoms with E-state index in [2.05, 4.69) is 33.0 Å². The fraction of sp³-hybridized carbons (Fsp3) is 1.00. The van der Waals surface area contributed by atoms with Crippen LogP contribution in [0.25, 0.3) is 5.32 Å². The van der Waals surface area contributed by atoms with Gasteiger partial charge in [-0.2, -0.15) is 0 Å². The molecule has 2 heteroatoms. The molecule has 0 unspecified atom stereocenters. The minimum absolute atomic E-state index is 0.805. The molecule has 0 aromatic heterocycles. The summed E-state index contributed by atoms with van der Waals surface area (Å²) in [5.74, 6) is 0. The summed E-state index contributed by atoms with van der Waals surface area (Å²) in [5.41, 5.74) is 0. The van der Waals surface area contributed by atoms with Crippen LogP contribution in [0.1, 0.15) is 156 Å². The van der Waals surface area contributed by atoms with Crippen LogP contribution in [0.2, 0.25) is 10.6 Å². The van der Waals surface area contributed by atoms with Crippen molar-refractivity contribution >= 4 is 15.2 Å². The van der Waals surface area contributed by atoms with E-state index in [1.54, 1.807) is 10.6 Å².